The van der Waals surface area contributed by atoms with Gasteiger partial charge in [-0.3, -0.25) is 4.79 Å². The van der Waals surface area contributed by atoms with Crippen LogP contribution in [0.15, 0.2) is 53.2 Å². The Balaban J connectivity index is 2.09. The Morgan fingerprint density at radius 3 is 2.64 bits per heavy atom. The van der Waals surface area contributed by atoms with Crippen molar-refractivity contribution < 1.29 is 4.79 Å². The van der Waals surface area contributed by atoms with Gasteiger partial charge in [0.05, 0.1) is 15.4 Å². The van der Waals surface area contributed by atoms with Crippen molar-refractivity contribution in [2.75, 3.05) is 0 Å². The number of carbonyl (C=O) groups is 1. The molecular formula is C17H12N2OS2. The lowest BCUT2D eigenvalue weighted by Gasteiger charge is -2.04. The molecule has 0 unspecified atom stereocenters. The van der Waals surface area contributed by atoms with Gasteiger partial charge in [0.25, 0.3) is 5.91 Å². The summed E-state index contributed by atoms with van der Waals surface area (Å²) >= 11 is 3.06. The molecule has 0 atom stereocenters. The van der Waals surface area contributed by atoms with Gasteiger partial charge in [-0.1, -0.05) is 24.3 Å². The van der Waals surface area contributed by atoms with Crippen LogP contribution in [0.25, 0.3) is 32.6 Å². The van der Waals surface area contributed by atoms with E-state index in [2.05, 4.69) is 17.1 Å². The molecule has 0 aliphatic rings. The normalized spacial score (nSPS) is 11.1. The van der Waals surface area contributed by atoms with Crippen LogP contribution in [0.3, 0.4) is 0 Å². The number of hydrogen-bond acceptors (Lipinski definition) is 3. The number of amides is 1. The first-order chi connectivity index (χ1) is 10.8. The molecule has 0 radical (unpaired) electrons. The Kier molecular flexibility index (Phi) is 3.10. The molecule has 3 heterocycles. The number of nitrogens with two attached hydrogens (primary N) is 1. The Morgan fingerprint density at radius 2 is 1.86 bits per heavy atom. The number of fused-ring (bicyclic) bond motifs is 1. The minimum Gasteiger partial charge on any atom is -0.365 e. The smallest absolute Gasteiger partial charge is 0.259 e. The number of aromatic nitrogens is 1. The summed E-state index contributed by atoms with van der Waals surface area (Å²) in [6, 6.07) is 14.2. The van der Waals surface area contributed by atoms with E-state index >= 15 is 0 Å². The van der Waals surface area contributed by atoms with Gasteiger partial charge in [-0.25, -0.2) is 0 Å². The van der Waals surface area contributed by atoms with Crippen molar-refractivity contribution in [1.29, 1.82) is 0 Å². The van der Waals surface area contributed by atoms with Crippen LogP contribution in [-0.2, 0) is 0 Å². The maximum Gasteiger partial charge on any atom is 0.259 e. The summed E-state index contributed by atoms with van der Waals surface area (Å²) < 4.78 is 0. The molecule has 1 aromatic carbocycles. The Bertz CT molecular complexity index is 964. The molecule has 22 heavy (non-hydrogen) atoms. The zero-order valence-corrected chi connectivity index (χ0v) is 13.1. The standard InChI is InChI=1S/C17H12N2OS2/c18-17(20)16-11(7-9-22-16)14-10-4-1-2-5-12(10)19-15(14)13-6-3-8-21-13/h1-9,19H,(H2,18,20). The Labute approximate surface area is 135 Å². The third-order valence-corrected chi connectivity index (χ3v) is 5.45. The van der Waals surface area contributed by atoms with Crippen molar-refractivity contribution in [3.8, 4) is 21.7 Å². The summed E-state index contributed by atoms with van der Waals surface area (Å²) in [5.41, 5.74) is 9.59. The minimum atomic E-state index is -0.382. The first-order valence-corrected chi connectivity index (χ1v) is 8.54. The van der Waals surface area contributed by atoms with Crippen LogP contribution < -0.4 is 5.73 Å². The van der Waals surface area contributed by atoms with Crippen LogP contribution >= 0.6 is 22.7 Å². The summed E-state index contributed by atoms with van der Waals surface area (Å²) in [4.78, 5) is 17.0. The summed E-state index contributed by atoms with van der Waals surface area (Å²) in [6.45, 7) is 0. The van der Waals surface area contributed by atoms with E-state index in [0.717, 1.165) is 32.6 Å². The van der Waals surface area contributed by atoms with E-state index in [0.29, 0.717) is 4.88 Å². The monoisotopic (exact) mass is 324 g/mol. The molecule has 0 spiro atoms. The second kappa shape index (κ2) is 5.12. The first-order valence-electron chi connectivity index (χ1n) is 6.78. The average Bonchev–Trinajstić information content (AvgIpc) is 3.24. The van der Waals surface area contributed by atoms with E-state index in [1.165, 1.54) is 11.3 Å². The molecule has 3 N–H and O–H groups in total. The van der Waals surface area contributed by atoms with Crippen molar-refractivity contribution in [2.24, 2.45) is 5.73 Å². The van der Waals surface area contributed by atoms with E-state index in [1.807, 2.05) is 41.1 Å². The molecule has 0 bridgehead atoms. The highest BCUT2D eigenvalue weighted by Crippen LogP contribution is 2.42. The van der Waals surface area contributed by atoms with Gasteiger partial charge in [0.15, 0.2) is 0 Å². The molecule has 4 aromatic rings. The van der Waals surface area contributed by atoms with Gasteiger partial charge in [-0.05, 0) is 29.0 Å². The molecule has 0 saturated carbocycles. The van der Waals surface area contributed by atoms with E-state index in [-0.39, 0.29) is 5.91 Å². The van der Waals surface area contributed by atoms with Gasteiger partial charge < -0.3 is 10.7 Å². The molecule has 0 fully saturated rings. The SMILES string of the molecule is NC(=O)c1sccc1-c1c(-c2cccs2)[nH]c2ccccc12. The lowest BCUT2D eigenvalue weighted by atomic mass is 10.0. The fourth-order valence-corrected chi connectivity index (χ4v) is 4.21. The molecule has 3 aromatic heterocycles. The number of hydrogen-bond donors (Lipinski definition) is 2. The molecule has 3 nitrogen and oxygen atoms in total. The minimum absolute atomic E-state index is 0.382. The number of carbonyl (C=O) groups excluding carboxylic acids is 1. The van der Waals surface area contributed by atoms with Crippen LogP contribution in [0.5, 0.6) is 0 Å². The molecule has 0 saturated heterocycles. The fraction of sp³-hybridized carbons (Fsp3) is 0. The molecular weight excluding hydrogens is 312 g/mol. The van der Waals surface area contributed by atoms with Crippen molar-refractivity contribution in [3.63, 3.8) is 0 Å². The predicted molar refractivity (Wildman–Crippen MR) is 93.4 cm³/mol. The fourth-order valence-electron chi connectivity index (χ4n) is 2.72. The zero-order valence-electron chi connectivity index (χ0n) is 11.5. The van der Waals surface area contributed by atoms with Crippen molar-refractivity contribution in [2.45, 2.75) is 0 Å². The highest BCUT2D eigenvalue weighted by Gasteiger charge is 2.20. The van der Waals surface area contributed by atoms with Crippen molar-refractivity contribution in [1.82, 2.24) is 4.98 Å². The second-order valence-electron chi connectivity index (χ2n) is 4.93. The third-order valence-electron chi connectivity index (χ3n) is 3.63. The number of thiophene rings is 2. The number of primary amides is 1. The number of para-hydroxylation sites is 1. The molecule has 0 aliphatic carbocycles. The number of aromatic amines is 1. The molecule has 5 heteroatoms. The van der Waals surface area contributed by atoms with Crippen molar-refractivity contribution >= 4 is 39.5 Å². The summed E-state index contributed by atoms with van der Waals surface area (Å²) in [6.07, 6.45) is 0. The number of H-pyrrole nitrogens is 1. The Hall–Kier alpha value is -2.37. The molecule has 1 amide bonds. The number of benzene rings is 1. The lowest BCUT2D eigenvalue weighted by Crippen LogP contribution is -2.09. The lowest BCUT2D eigenvalue weighted by molar-refractivity contribution is 0.100. The molecule has 0 aliphatic heterocycles. The van der Waals surface area contributed by atoms with Crippen LogP contribution in [0, 0.1) is 0 Å². The van der Waals surface area contributed by atoms with Gasteiger partial charge in [0.2, 0.25) is 0 Å². The third kappa shape index (κ3) is 1.98. The van der Waals surface area contributed by atoms with Crippen molar-refractivity contribution in [3.05, 3.63) is 58.1 Å². The van der Waals surface area contributed by atoms with Gasteiger partial charge in [0, 0.05) is 22.0 Å². The highest BCUT2D eigenvalue weighted by atomic mass is 32.1. The molecule has 108 valence electrons. The predicted octanol–water partition coefficient (Wildman–Crippen LogP) is 4.72. The Morgan fingerprint density at radius 1 is 1.00 bits per heavy atom. The van der Waals surface area contributed by atoms with E-state index < -0.39 is 0 Å². The van der Waals surface area contributed by atoms with Crippen LogP contribution in [0.4, 0.5) is 0 Å². The van der Waals surface area contributed by atoms with Gasteiger partial charge in [-0.2, -0.15) is 0 Å². The average molecular weight is 324 g/mol. The van der Waals surface area contributed by atoms with Gasteiger partial charge >= 0.3 is 0 Å². The second-order valence-corrected chi connectivity index (χ2v) is 6.79. The van der Waals surface area contributed by atoms with Gasteiger partial charge in [-0.15, -0.1) is 22.7 Å². The maximum absolute atomic E-state index is 11.7. The summed E-state index contributed by atoms with van der Waals surface area (Å²) in [5, 5.41) is 5.06. The van der Waals surface area contributed by atoms with E-state index in [1.54, 1.807) is 11.3 Å². The molecule has 4 rings (SSSR count). The number of nitrogens with one attached hydrogen (secondary N) is 1. The quantitative estimate of drug-likeness (QED) is 0.562. The zero-order chi connectivity index (χ0) is 15.1. The number of rotatable bonds is 3. The van der Waals surface area contributed by atoms with Gasteiger partial charge in [0.1, 0.15) is 0 Å². The first kappa shape index (κ1) is 13.3. The summed E-state index contributed by atoms with van der Waals surface area (Å²) in [7, 11) is 0. The topological polar surface area (TPSA) is 58.9 Å². The van der Waals surface area contributed by atoms with E-state index in [4.69, 9.17) is 5.73 Å². The largest absolute Gasteiger partial charge is 0.365 e. The highest BCUT2D eigenvalue weighted by molar-refractivity contribution is 7.13. The van der Waals surface area contributed by atoms with Crippen LogP contribution in [0.1, 0.15) is 9.67 Å². The maximum atomic E-state index is 11.7. The van der Waals surface area contributed by atoms with Crippen LogP contribution in [-0.4, -0.2) is 10.9 Å². The van der Waals surface area contributed by atoms with E-state index in [9.17, 15) is 4.79 Å². The van der Waals surface area contributed by atoms with Crippen LogP contribution in [0.2, 0.25) is 0 Å². The summed E-state index contributed by atoms with van der Waals surface area (Å²) in [5.74, 6) is -0.382.